The Hall–Kier alpha value is -1.55. The van der Waals surface area contributed by atoms with Gasteiger partial charge in [-0.2, -0.15) is 0 Å². The average molecular weight is 249 g/mol. The number of nitrogens with one attached hydrogen (secondary N) is 1. The number of aromatic hydroxyl groups is 1. The summed E-state index contributed by atoms with van der Waals surface area (Å²) in [7, 11) is 0. The van der Waals surface area contributed by atoms with E-state index in [1.54, 1.807) is 25.1 Å². The molecule has 0 aromatic heterocycles. The number of carbonyl (C=O) groups is 1. The molecule has 4 heteroatoms. The van der Waals surface area contributed by atoms with Gasteiger partial charge in [-0.1, -0.05) is 18.9 Å². The molecule has 18 heavy (non-hydrogen) atoms. The molecule has 1 aromatic carbocycles. The van der Waals surface area contributed by atoms with Crippen LogP contribution in [0.3, 0.4) is 0 Å². The Labute approximate surface area is 107 Å². The summed E-state index contributed by atoms with van der Waals surface area (Å²) < 4.78 is 0. The summed E-state index contributed by atoms with van der Waals surface area (Å²) in [5.41, 5.74) is 1.04. The highest BCUT2D eigenvalue weighted by Gasteiger charge is 2.25. The summed E-state index contributed by atoms with van der Waals surface area (Å²) in [5.74, 6) is -0.110. The first-order valence-corrected chi connectivity index (χ1v) is 6.37. The number of phenols is 1. The molecule has 1 aromatic rings. The number of rotatable bonds is 2. The summed E-state index contributed by atoms with van der Waals surface area (Å²) in [4.78, 5) is 12.1. The van der Waals surface area contributed by atoms with E-state index in [0.29, 0.717) is 11.1 Å². The van der Waals surface area contributed by atoms with Gasteiger partial charge in [-0.05, 0) is 31.9 Å². The van der Waals surface area contributed by atoms with Crippen LogP contribution in [0.1, 0.15) is 41.6 Å². The second-order valence-electron chi connectivity index (χ2n) is 4.88. The Morgan fingerprint density at radius 1 is 1.33 bits per heavy atom. The van der Waals surface area contributed by atoms with Crippen molar-refractivity contribution in [3.05, 3.63) is 29.3 Å². The van der Waals surface area contributed by atoms with Gasteiger partial charge in [0.1, 0.15) is 5.75 Å². The zero-order chi connectivity index (χ0) is 13.1. The van der Waals surface area contributed by atoms with E-state index in [9.17, 15) is 15.0 Å². The maximum atomic E-state index is 12.1. The number of hydrogen-bond donors (Lipinski definition) is 3. The van der Waals surface area contributed by atoms with Crippen LogP contribution < -0.4 is 5.32 Å². The lowest BCUT2D eigenvalue weighted by Crippen LogP contribution is -2.45. The second kappa shape index (κ2) is 5.40. The van der Waals surface area contributed by atoms with Crippen molar-refractivity contribution in [3.63, 3.8) is 0 Å². The monoisotopic (exact) mass is 249 g/mol. The van der Waals surface area contributed by atoms with Crippen molar-refractivity contribution in [1.29, 1.82) is 0 Å². The maximum Gasteiger partial charge on any atom is 0.251 e. The molecular formula is C14H19NO3. The number of aliphatic hydroxyl groups excluding tert-OH is 1. The molecule has 1 saturated carbocycles. The predicted molar refractivity (Wildman–Crippen MR) is 68.6 cm³/mol. The fraction of sp³-hybridized carbons (Fsp3) is 0.500. The Morgan fingerprint density at radius 2 is 2.06 bits per heavy atom. The topological polar surface area (TPSA) is 69.6 Å². The first-order valence-electron chi connectivity index (χ1n) is 6.37. The SMILES string of the molecule is Cc1c(O)cccc1C(=O)N[C@H]1CCCC[C@@H]1O. The van der Waals surface area contributed by atoms with Crippen molar-refractivity contribution in [2.24, 2.45) is 0 Å². The Balaban J connectivity index is 2.09. The minimum absolute atomic E-state index is 0.117. The smallest absolute Gasteiger partial charge is 0.251 e. The van der Waals surface area contributed by atoms with E-state index in [4.69, 9.17) is 0 Å². The summed E-state index contributed by atoms with van der Waals surface area (Å²) >= 11 is 0. The van der Waals surface area contributed by atoms with Crippen LogP contribution >= 0.6 is 0 Å². The Morgan fingerprint density at radius 3 is 2.78 bits per heavy atom. The highest BCUT2D eigenvalue weighted by molar-refractivity contribution is 5.96. The molecule has 4 nitrogen and oxygen atoms in total. The molecule has 1 aliphatic carbocycles. The van der Waals surface area contributed by atoms with Gasteiger partial charge in [0.25, 0.3) is 5.91 Å². The molecule has 0 saturated heterocycles. The van der Waals surface area contributed by atoms with Crippen LogP contribution in [0.5, 0.6) is 5.75 Å². The van der Waals surface area contributed by atoms with Crippen LogP contribution in [0.25, 0.3) is 0 Å². The quantitative estimate of drug-likeness (QED) is 0.747. The van der Waals surface area contributed by atoms with Crippen LogP contribution in [0.2, 0.25) is 0 Å². The molecule has 2 atom stereocenters. The number of hydrogen-bond acceptors (Lipinski definition) is 3. The van der Waals surface area contributed by atoms with Crippen LogP contribution in [0, 0.1) is 6.92 Å². The lowest BCUT2D eigenvalue weighted by Gasteiger charge is -2.28. The van der Waals surface area contributed by atoms with Gasteiger partial charge in [0.2, 0.25) is 0 Å². The van der Waals surface area contributed by atoms with Crippen molar-refractivity contribution < 1.29 is 15.0 Å². The van der Waals surface area contributed by atoms with Crippen molar-refractivity contribution in [3.8, 4) is 5.75 Å². The molecule has 0 aliphatic heterocycles. The van der Waals surface area contributed by atoms with Gasteiger partial charge in [0, 0.05) is 11.1 Å². The van der Waals surface area contributed by atoms with Crippen LogP contribution in [-0.2, 0) is 0 Å². The molecule has 0 bridgehead atoms. The van der Waals surface area contributed by atoms with E-state index >= 15 is 0 Å². The Kier molecular flexibility index (Phi) is 3.87. The van der Waals surface area contributed by atoms with E-state index in [0.717, 1.165) is 25.7 Å². The van der Waals surface area contributed by atoms with Gasteiger partial charge < -0.3 is 15.5 Å². The molecule has 0 radical (unpaired) electrons. The van der Waals surface area contributed by atoms with E-state index in [-0.39, 0.29) is 17.7 Å². The van der Waals surface area contributed by atoms with Crippen molar-refractivity contribution in [2.75, 3.05) is 0 Å². The maximum absolute atomic E-state index is 12.1. The fourth-order valence-electron chi connectivity index (χ4n) is 2.40. The Bertz CT molecular complexity index is 445. The van der Waals surface area contributed by atoms with Crippen molar-refractivity contribution >= 4 is 5.91 Å². The normalized spacial score (nSPS) is 23.7. The number of carbonyl (C=O) groups excluding carboxylic acids is 1. The van der Waals surface area contributed by atoms with Gasteiger partial charge in [-0.15, -0.1) is 0 Å². The molecule has 0 unspecified atom stereocenters. The molecular weight excluding hydrogens is 230 g/mol. The van der Waals surface area contributed by atoms with Gasteiger partial charge in [-0.3, -0.25) is 4.79 Å². The molecule has 98 valence electrons. The molecule has 1 fully saturated rings. The molecule has 1 amide bonds. The number of phenolic OH excluding ortho intramolecular Hbond substituents is 1. The van der Waals surface area contributed by atoms with Gasteiger partial charge in [0.05, 0.1) is 12.1 Å². The number of benzene rings is 1. The van der Waals surface area contributed by atoms with E-state index in [2.05, 4.69) is 5.32 Å². The summed E-state index contributed by atoms with van der Waals surface area (Å²) in [6.45, 7) is 1.71. The zero-order valence-corrected chi connectivity index (χ0v) is 10.5. The third-order valence-corrected chi connectivity index (χ3v) is 3.60. The molecule has 3 N–H and O–H groups in total. The third-order valence-electron chi connectivity index (χ3n) is 3.60. The minimum Gasteiger partial charge on any atom is -0.508 e. The standard InChI is InChI=1S/C14H19NO3/c1-9-10(5-4-8-12(9)16)14(18)15-11-6-2-3-7-13(11)17/h4-5,8,11,13,16-17H,2-3,6-7H2,1H3,(H,15,18)/t11-,13-/m0/s1. The van der Waals surface area contributed by atoms with Crippen LogP contribution in [0.15, 0.2) is 18.2 Å². The zero-order valence-electron chi connectivity index (χ0n) is 10.5. The molecule has 2 rings (SSSR count). The first kappa shape index (κ1) is 12.9. The van der Waals surface area contributed by atoms with E-state index < -0.39 is 6.10 Å². The molecule has 0 spiro atoms. The van der Waals surface area contributed by atoms with E-state index in [1.807, 2.05) is 0 Å². The predicted octanol–water partition coefficient (Wildman–Crippen LogP) is 1.73. The summed E-state index contributed by atoms with van der Waals surface area (Å²) in [6, 6.07) is 4.71. The van der Waals surface area contributed by atoms with Gasteiger partial charge in [-0.25, -0.2) is 0 Å². The lowest BCUT2D eigenvalue weighted by molar-refractivity contribution is 0.0716. The van der Waals surface area contributed by atoms with E-state index in [1.165, 1.54) is 0 Å². The lowest BCUT2D eigenvalue weighted by atomic mass is 9.92. The summed E-state index contributed by atoms with van der Waals surface area (Å²) in [5, 5.41) is 22.3. The number of amides is 1. The van der Waals surface area contributed by atoms with Crippen LogP contribution in [-0.4, -0.2) is 28.3 Å². The highest BCUT2D eigenvalue weighted by Crippen LogP contribution is 2.22. The highest BCUT2D eigenvalue weighted by atomic mass is 16.3. The van der Waals surface area contributed by atoms with Crippen molar-refractivity contribution in [1.82, 2.24) is 5.32 Å². The molecule has 0 heterocycles. The minimum atomic E-state index is -0.458. The fourth-order valence-corrected chi connectivity index (χ4v) is 2.40. The van der Waals surface area contributed by atoms with Crippen molar-refractivity contribution in [2.45, 2.75) is 44.8 Å². The third kappa shape index (κ3) is 2.64. The van der Waals surface area contributed by atoms with Crippen LogP contribution in [0.4, 0.5) is 0 Å². The first-order chi connectivity index (χ1) is 8.59. The van der Waals surface area contributed by atoms with Gasteiger partial charge in [0.15, 0.2) is 0 Å². The second-order valence-corrected chi connectivity index (χ2v) is 4.88. The largest absolute Gasteiger partial charge is 0.508 e. The van der Waals surface area contributed by atoms with Gasteiger partial charge >= 0.3 is 0 Å². The average Bonchev–Trinajstić information content (AvgIpc) is 2.35. The number of aliphatic hydroxyl groups is 1. The molecule has 1 aliphatic rings. The summed E-state index contributed by atoms with van der Waals surface area (Å²) in [6.07, 6.45) is 3.13.